The third-order valence-electron chi connectivity index (χ3n) is 2.46. The Balaban J connectivity index is 2.75. The maximum atomic E-state index is 10.7. The van der Waals surface area contributed by atoms with Crippen LogP contribution < -0.4 is 16.6 Å². The number of nitro groups is 1. The van der Waals surface area contributed by atoms with E-state index in [1.165, 1.54) is 12.1 Å². The quantitative estimate of drug-likeness (QED) is 0.333. The van der Waals surface area contributed by atoms with Crippen molar-refractivity contribution in [1.29, 1.82) is 0 Å². The predicted molar refractivity (Wildman–Crippen MR) is 70.3 cm³/mol. The van der Waals surface area contributed by atoms with Gasteiger partial charge in [-0.1, -0.05) is 13.3 Å². The van der Waals surface area contributed by atoms with Crippen LogP contribution in [0, 0.1) is 10.1 Å². The number of nitrogens with one attached hydrogen (secondary N) is 2. The summed E-state index contributed by atoms with van der Waals surface area (Å²) in [7, 11) is 0. The van der Waals surface area contributed by atoms with Crippen LogP contribution in [-0.2, 0) is 0 Å². The average Bonchev–Trinajstić information content (AvgIpc) is 2.36. The summed E-state index contributed by atoms with van der Waals surface area (Å²) in [6.07, 6.45) is 1.10. The van der Waals surface area contributed by atoms with Crippen molar-refractivity contribution >= 4 is 17.1 Å². The summed E-state index contributed by atoms with van der Waals surface area (Å²) in [5.41, 5.74) is 3.30. The Labute approximate surface area is 105 Å². The van der Waals surface area contributed by atoms with Crippen LogP contribution in [0.2, 0.25) is 0 Å². The average molecular weight is 254 g/mol. The van der Waals surface area contributed by atoms with Crippen molar-refractivity contribution in [1.82, 2.24) is 0 Å². The first-order valence-electron chi connectivity index (χ1n) is 5.74. The first-order valence-corrected chi connectivity index (χ1v) is 5.74. The second kappa shape index (κ2) is 6.77. The number of hydrogen-bond acceptors (Lipinski definition) is 6. The highest BCUT2D eigenvalue weighted by molar-refractivity contribution is 5.63. The van der Waals surface area contributed by atoms with Gasteiger partial charge in [-0.2, -0.15) is 0 Å². The molecule has 100 valence electrons. The molecule has 0 bridgehead atoms. The zero-order chi connectivity index (χ0) is 13.5. The fraction of sp³-hybridized carbons (Fsp3) is 0.455. The van der Waals surface area contributed by atoms with Gasteiger partial charge in [0.2, 0.25) is 0 Å². The molecule has 0 fully saturated rings. The van der Waals surface area contributed by atoms with Crippen LogP contribution in [-0.4, -0.2) is 22.7 Å². The summed E-state index contributed by atoms with van der Waals surface area (Å²) >= 11 is 0. The van der Waals surface area contributed by atoms with Gasteiger partial charge in [0.1, 0.15) is 0 Å². The van der Waals surface area contributed by atoms with Crippen molar-refractivity contribution in [2.45, 2.75) is 25.9 Å². The van der Waals surface area contributed by atoms with E-state index >= 15 is 0 Å². The number of aliphatic hydroxyl groups excluding tert-OH is 1. The standard InChI is InChI=1S/C11H18N4O3/c1-2-3-11(16)7-13-8-4-9(14-12)6-10(5-8)15(17)18/h4-6,11,13-14,16H,2-3,7,12H2,1H3. The van der Waals surface area contributed by atoms with Crippen molar-refractivity contribution in [2.24, 2.45) is 5.84 Å². The zero-order valence-corrected chi connectivity index (χ0v) is 10.2. The van der Waals surface area contributed by atoms with Crippen LogP contribution >= 0.6 is 0 Å². The largest absolute Gasteiger partial charge is 0.391 e. The number of non-ortho nitro benzene ring substituents is 1. The molecule has 0 aliphatic rings. The third kappa shape index (κ3) is 4.19. The molecule has 0 heterocycles. The second-order valence-corrected chi connectivity index (χ2v) is 3.99. The Bertz CT molecular complexity index is 411. The molecular weight excluding hydrogens is 236 g/mol. The van der Waals surface area contributed by atoms with Crippen LogP contribution in [0.15, 0.2) is 18.2 Å². The van der Waals surface area contributed by atoms with E-state index < -0.39 is 11.0 Å². The van der Waals surface area contributed by atoms with E-state index in [4.69, 9.17) is 5.84 Å². The number of rotatable bonds is 7. The predicted octanol–water partition coefficient (Wildman–Crippen LogP) is 1.45. The second-order valence-electron chi connectivity index (χ2n) is 3.99. The van der Waals surface area contributed by atoms with Crippen LogP contribution in [0.25, 0.3) is 0 Å². The van der Waals surface area contributed by atoms with Gasteiger partial charge in [0.05, 0.1) is 16.7 Å². The van der Waals surface area contributed by atoms with Gasteiger partial charge in [-0.15, -0.1) is 0 Å². The molecule has 0 saturated heterocycles. The third-order valence-corrected chi connectivity index (χ3v) is 2.46. The van der Waals surface area contributed by atoms with Gasteiger partial charge < -0.3 is 15.8 Å². The number of hydrazine groups is 1. The number of anilines is 2. The summed E-state index contributed by atoms with van der Waals surface area (Å²) in [5, 5.41) is 23.2. The first-order chi connectivity index (χ1) is 8.56. The molecule has 0 spiro atoms. The molecule has 1 aromatic rings. The van der Waals surface area contributed by atoms with E-state index in [-0.39, 0.29) is 5.69 Å². The van der Waals surface area contributed by atoms with Crippen molar-refractivity contribution in [3.05, 3.63) is 28.3 Å². The lowest BCUT2D eigenvalue weighted by molar-refractivity contribution is -0.384. The van der Waals surface area contributed by atoms with Gasteiger partial charge >= 0.3 is 0 Å². The molecule has 1 unspecified atom stereocenters. The van der Waals surface area contributed by atoms with Crippen molar-refractivity contribution in [3.63, 3.8) is 0 Å². The van der Waals surface area contributed by atoms with Gasteiger partial charge in [-0.05, 0) is 12.5 Å². The number of nitro benzene ring substituents is 1. The fourth-order valence-corrected chi connectivity index (χ4v) is 1.57. The van der Waals surface area contributed by atoms with Gasteiger partial charge in [0, 0.05) is 24.4 Å². The molecule has 1 atom stereocenters. The molecule has 1 aromatic carbocycles. The molecule has 0 saturated carbocycles. The Hall–Kier alpha value is -1.86. The maximum absolute atomic E-state index is 10.7. The fourth-order valence-electron chi connectivity index (χ4n) is 1.57. The molecule has 0 aromatic heterocycles. The lowest BCUT2D eigenvalue weighted by Gasteiger charge is -2.12. The molecule has 18 heavy (non-hydrogen) atoms. The first kappa shape index (κ1) is 14.2. The minimum Gasteiger partial charge on any atom is -0.391 e. The number of nitrogens with zero attached hydrogens (tertiary/aromatic N) is 1. The normalized spacial score (nSPS) is 11.9. The van der Waals surface area contributed by atoms with Crippen LogP contribution in [0.4, 0.5) is 17.1 Å². The van der Waals surface area contributed by atoms with E-state index in [0.717, 1.165) is 6.42 Å². The Morgan fingerprint density at radius 2 is 2.11 bits per heavy atom. The van der Waals surface area contributed by atoms with Crippen LogP contribution in [0.3, 0.4) is 0 Å². The minimum absolute atomic E-state index is 0.0575. The van der Waals surface area contributed by atoms with E-state index in [1.54, 1.807) is 6.07 Å². The van der Waals surface area contributed by atoms with E-state index in [1.807, 2.05) is 6.92 Å². The number of nitrogens with two attached hydrogens (primary N) is 1. The highest BCUT2D eigenvalue weighted by Crippen LogP contribution is 2.23. The topological polar surface area (TPSA) is 113 Å². The summed E-state index contributed by atoms with van der Waals surface area (Å²) in [6.45, 7) is 2.33. The van der Waals surface area contributed by atoms with Crippen LogP contribution in [0.5, 0.6) is 0 Å². The summed E-state index contributed by atoms with van der Waals surface area (Å²) in [4.78, 5) is 10.2. The highest BCUT2D eigenvalue weighted by atomic mass is 16.6. The summed E-state index contributed by atoms with van der Waals surface area (Å²) in [6, 6.07) is 4.39. The van der Waals surface area contributed by atoms with Crippen molar-refractivity contribution < 1.29 is 10.0 Å². The van der Waals surface area contributed by atoms with Gasteiger partial charge in [0.15, 0.2) is 0 Å². The van der Waals surface area contributed by atoms with Crippen molar-refractivity contribution in [2.75, 3.05) is 17.3 Å². The number of nitrogen functional groups attached to an aromatic ring is 1. The smallest absolute Gasteiger partial charge is 0.273 e. The lowest BCUT2D eigenvalue weighted by atomic mass is 10.2. The Morgan fingerprint density at radius 3 is 2.67 bits per heavy atom. The molecule has 7 heteroatoms. The van der Waals surface area contributed by atoms with E-state index in [9.17, 15) is 15.2 Å². The monoisotopic (exact) mass is 254 g/mol. The SMILES string of the molecule is CCCC(O)CNc1cc(NN)cc([N+](=O)[O-])c1. The van der Waals surface area contributed by atoms with E-state index in [2.05, 4.69) is 10.7 Å². The maximum Gasteiger partial charge on any atom is 0.273 e. The minimum atomic E-state index is -0.492. The number of benzene rings is 1. The molecule has 0 aliphatic heterocycles. The lowest BCUT2D eigenvalue weighted by Crippen LogP contribution is -2.19. The summed E-state index contributed by atoms with van der Waals surface area (Å²) in [5.74, 6) is 5.24. The van der Waals surface area contributed by atoms with Gasteiger partial charge in [-0.3, -0.25) is 16.0 Å². The Kier molecular flexibility index (Phi) is 5.34. The number of hydrogen-bond donors (Lipinski definition) is 4. The van der Waals surface area contributed by atoms with Crippen LogP contribution in [0.1, 0.15) is 19.8 Å². The molecule has 0 aliphatic carbocycles. The summed E-state index contributed by atoms with van der Waals surface area (Å²) < 4.78 is 0. The molecule has 0 radical (unpaired) electrons. The molecule has 1 rings (SSSR count). The van der Waals surface area contributed by atoms with Gasteiger partial charge in [-0.25, -0.2) is 0 Å². The number of aliphatic hydroxyl groups is 1. The zero-order valence-electron chi connectivity index (χ0n) is 10.2. The van der Waals surface area contributed by atoms with Gasteiger partial charge in [0.25, 0.3) is 5.69 Å². The van der Waals surface area contributed by atoms with E-state index in [0.29, 0.717) is 24.3 Å². The Morgan fingerprint density at radius 1 is 1.44 bits per heavy atom. The molecule has 5 N–H and O–H groups in total. The van der Waals surface area contributed by atoms with Crippen molar-refractivity contribution in [3.8, 4) is 0 Å². The molecule has 7 nitrogen and oxygen atoms in total. The highest BCUT2D eigenvalue weighted by Gasteiger charge is 2.10. The molecular formula is C11H18N4O3. The molecule has 0 amide bonds.